The molecule has 0 saturated carbocycles. The Morgan fingerprint density at radius 3 is 2.44 bits per heavy atom. The zero-order valence-corrected chi connectivity index (χ0v) is 14.7. The summed E-state index contributed by atoms with van der Waals surface area (Å²) in [6.45, 7) is 6.70. The first-order valence-electron chi connectivity index (χ1n) is 8.10. The first-order chi connectivity index (χ1) is 11.9. The van der Waals surface area contributed by atoms with Crippen molar-refractivity contribution < 1.29 is 14.7 Å². The van der Waals surface area contributed by atoms with Crippen LogP contribution in [0.25, 0.3) is 6.08 Å². The third-order valence-electron chi connectivity index (χ3n) is 3.32. The van der Waals surface area contributed by atoms with E-state index in [2.05, 4.69) is 5.32 Å². The van der Waals surface area contributed by atoms with Gasteiger partial charge in [0.25, 0.3) is 5.91 Å². The summed E-state index contributed by atoms with van der Waals surface area (Å²) in [4.78, 5) is 11.1. The molecule has 5 nitrogen and oxygen atoms in total. The zero-order chi connectivity index (χ0) is 18.3. The maximum atomic E-state index is 11.1. The first-order valence-corrected chi connectivity index (χ1v) is 8.10. The number of amides is 1. The molecule has 2 rings (SSSR count). The van der Waals surface area contributed by atoms with Crippen LogP contribution in [0.3, 0.4) is 0 Å². The van der Waals surface area contributed by atoms with Crippen LogP contribution in [0, 0.1) is 0 Å². The van der Waals surface area contributed by atoms with Crippen LogP contribution in [0.1, 0.15) is 31.9 Å². The fourth-order valence-corrected chi connectivity index (χ4v) is 2.23. The van der Waals surface area contributed by atoms with Crippen molar-refractivity contribution in [3.05, 3.63) is 65.7 Å². The first kappa shape index (κ1) is 18.5. The van der Waals surface area contributed by atoms with Crippen molar-refractivity contribution in [2.75, 3.05) is 5.32 Å². The molecule has 0 aliphatic heterocycles. The summed E-state index contributed by atoms with van der Waals surface area (Å²) in [5, 5.41) is 11.9. The van der Waals surface area contributed by atoms with E-state index in [1.165, 1.54) is 6.08 Å². The van der Waals surface area contributed by atoms with E-state index in [1.807, 2.05) is 69.3 Å². The lowest BCUT2D eigenvalue weighted by atomic mass is 10.1. The number of hydroxylamine groups is 1. The summed E-state index contributed by atoms with van der Waals surface area (Å²) in [7, 11) is 0. The predicted molar refractivity (Wildman–Crippen MR) is 99.6 cm³/mol. The molecule has 0 fully saturated rings. The predicted octanol–water partition coefficient (Wildman–Crippen LogP) is 3.99. The molecule has 132 valence electrons. The molecule has 0 aliphatic carbocycles. The highest BCUT2D eigenvalue weighted by atomic mass is 16.5. The molecule has 25 heavy (non-hydrogen) atoms. The van der Waals surface area contributed by atoms with Crippen LogP contribution >= 0.6 is 0 Å². The van der Waals surface area contributed by atoms with Gasteiger partial charge in [-0.05, 0) is 56.2 Å². The molecule has 1 amide bonds. The number of benzene rings is 2. The van der Waals surface area contributed by atoms with Gasteiger partial charge in [-0.2, -0.15) is 0 Å². The van der Waals surface area contributed by atoms with Crippen LogP contribution < -0.4 is 15.5 Å². The van der Waals surface area contributed by atoms with Gasteiger partial charge in [-0.15, -0.1) is 0 Å². The lowest BCUT2D eigenvalue weighted by molar-refractivity contribution is -0.124. The Balaban J connectivity index is 2.02. The maximum absolute atomic E-state index is 11.1. The van der Waals surface area contributed by atoms with Gasteiger partial charge >= 0.3 is 0 Å². The van der Waals surface area contributed by atoms with Gasteiger partial charge in [0.1, 0.15) is 11.4 Å². The molecule has 0 aliphatic rings. The van der Waals surface area contributed by atoms with E-state index in [1.54, 1.807) is 11.6 Å². The molecule has 3 N–H and O–H groups in total. The highest BCUT2D eigenvalue weighted by Crippen LogP contribution is 2.20. The van der Waals surface area contributed by atoms with E-state index in [4.69, 9.17) is 9.94 Å². The molecule has 0 atom stereocenters. The normalized spacial score (nSPS) is 11.4. The third kappa shape index (κ3) is 6.31. The maximum Gasteiger partial charge on any atom is 0.267 e. The lowest BCUT2D eigenvalue weighted by Gasteiger charge is -2.21. The highest BCUT2D eigenvalue weighted by molar-refractivity contribution is 5.91. The van der Waals surface area contributed by atoms with Gasteiger partial charge in [0.15, 0.2) is 0 Å². The second kappa shape index (κ2) is 8.35. The van der Waals surface area contributed by atoms with Crippen molar-refractivity contribution in [2.45, 2.75) is 32.9 Å². The van der Waals surface area contributed by atoms with Crippen LogP contribution in [0.2, 0.25) is 0 Å². The minimum absolute atomic E-state index is 0.216. The molecule has 0 bridgehead atoms. The quantitative estimate of drug-likeness (QED) is 0.422. The van der Waals surface area contributed by atoms with Crippen LogP contribution in [-0.4, -0.2) is 16.7 Å². The molecule has 5 heteroatoms. The van der Waals surface area contributed by atoms with Crippen molar-refractivity contribution >= 4 is 17.7 Å². The summed E-state index contributed by atoms with van der Waals surface area (Å²) >= 11 is 0. The molecule has 0 aromatic heterocycles. The van der Waals surface area contributed by atoms with Crippen molar-refractivity contribution in [3.8, 4) is 5.75 Å². The number of ether oxygens (including phenoxy) is 1. The molecule has 0 unspecified atom stereocenters. The van der Waals surface area contributed by atoms with E-state index in [0.717, 1.165) is 22.6 Å². The molecular formula is C20H24N2O3. The smallest absolute Gasteiger partial charge is 0.267 e. The number of hydrogen-bond acceptors (Lipinski definition) is 4. The second-order valence-electron chi connectivity index (χ2n) is 6.61. The van der Waals surface area contributed by atoms with Crippen molar-refractivity contribution in [3.63, 3.8) is 0 Å². The fourth-order valence-electron chi connectivity index (χ4n) is 2.23. The number of rotatable bonds is 6. The average molecular weight is 340 g/mol. The highest BCUT2D eigenvalue weighted by Gasteiger charge is 2.11. The third-order valence-corrected chi connectivity index (χ3v) is 3.32. The van der Waals surface area contributed by atoms with E-state index in [9.17, 15) is 4.79 Å². The number of carbonyl (C=O) groups is 1. The van der Waals surface area contributed by atoms with E-state index >= 15 is 0 Å². The van der Waals surface area contributed by atoms with Gasteiger partial charge in [-0.3, -0.25) is 10.0 Å². The van der Waals surface area contributed by atoms with Gasteiger partial charge < -0.3 is 10.1 Å². The minimum Gasteiger partial charge on any atom is -0.488 e. The second-order valence-corrected chi connectivity index (χ2v) is 6.61. The molecule has 0 radical (unpaired) electrons. The van der Waals surface area contributed by atoms with Crippen molar-refractivity contribution in [1.29, 1.82) is 0 Å². The standard InChI is InChI=1S/C20H24N2O3/c1-20(2,3)25-17-11-8-15(9-12-17)14-21-18-7-5-4-6-16(18)10-13-19(23)22-24/h4-13,21,24H,14H2,1-3H3,(H,22,23). The largest absolute Gasteiger partial charge is 0.488 e. The van der Waals surface area contributed by atoms with Gasteiger partial charge in [-0.25, -0.2) is 5.48 Å². The number of nitrogens with one attached hydrogen (secondary N) is 2. The summed E-state index contributed by atoms with van der Waals surface area (Å²) in [6, 6.07) is 15.6. The summed E-state index contributed by atoms with van der Waals surface area (Å²) in [5.74, 6) is 0.277. The summed E-state index contributed by atoms with van der Waals surface area (Å²) in [5.41, 5.74) is 4.24. The van der Waals surface area contributed by atoms with Gasteiger partial charge in [0.2, 0.25) is 0 Å². The Kier molecular flexibility index (Phi) is 6.19. The molecule has 2 aromatic carbocycles. The Morgan fingerprint density at radius 1 is 1.12 bits per heavy atom. The topological polar surface area (TPSA) is 70.6 Å². The van der Waals surface area contributed by atoms with Crippen molar-refractivity contribution in [1.82, 2.24) is 5.48 Å². The summed E-state index contributed by atoms with van der Waals surface area (Å²) in [6.07, 6.45) is 2.92. The number of anilines is 1. The molecular weight excluding hydrogens is 316 g/mol. The molecule has 0 saturated heterocycles. The number of para-hydroxylation sites is 1. The Bertz CT molecular complexity index is 731. The monoisotopic (exact) mass is 340 g/mol. The summed E-state index contributed by atoms with van der Waals surface area (Å²) < 4.78 is 5.82. The fraction of sp³-hybridized carbons (Fsp3) is 0.250. The van der Waals surface area contributed by atoms with Crippen LogP contribution in [-0.2, 0) is 11.3 Å². The van der Waals surface area contributed by atoms with E-state index < -0.39 is 5.91 Å². The molecule has 0 heterocycles. The van der Waals surface area contributed by atoms with Crippen LogP contribution in [0.5, 0.6) is 5.75 Å². The zero-order valence-electron chi connectivity index (χ0n) is 14.7. The van der Waals surface area contributed by atoms with E-state index in [0.29, 0.717) is 6.54 Å². The SMILES string of the molecule is CC(C)(C)Oc1ccc(CNc2ccccc2C=CC(=O)NO)cc1. The van der Waals surface area contributed by atoms with Gasteiger partial charge in [-0.1, -0.05) is 30.3 Å². The average Bonchev–Trinajstić information content (AvgIpc) is 2.58. The Morgan fingerprint density at radius 2 is 1.80 bits per heavy atom. The lowest BCUT2D eigenvalue weighted by Crippen LogP contribution is -2.22. The van der Waals surface area contributed by atoms with Crippen LogP contribution in [0.4, 0.5) is 5.69 Å². The van der Waals surface area contributed by atoms with Crippen molar-refractivity contribution in [2.24, 2.45) is 0 Å². The molecule has 0 spiro atoms. The van der Waals surface area contributed by atoms with E-state index in [-0.39, 0.29) is 5.60 Å². The Hall–Kier alpha value is -2.79. The molecule has 2 aromatic rings. The Labute approximate surface area is 148 Å². The van der Waals surface area contributed by atoms with Crippen LogP contribution in [0.15, 0.2) is 54.6 Å². The number of hydrogen-bond donors (Lipinski definition) is 3. The van der Waals surface area contributed by atoms with Gasteiger partial charge in [0, 0.05) is 18.3 Å². The van der Waals surface area contributed by atoms with Gasteiger partial charge in [0.05, 0.1) is 0 Å². The minimum atomic E-state index is -0.566. The number of carbonyl (C=O) groups excluding carboxylic acids is 1.